The van der Waals surface area contributed by atoms with Gasteiger partial charge in [-0.2, -0.15) is 5.10 Å². The molecule has 3 heterocycles. The zero-order valence-corrected chi connectivity index (χ0v) is 18.0. The van der Waals surface area contributed by atoms with Crippen LogP contribution in [-0.2, 0) is 0 Å². The van der Waals surface area contributed by atoms with Crippen molar-refractivity contribution in [2.24, 2.45) is 0 Å². The summed E-state index contributed by atoms with van der Waals surface area (Å²) in [4.78, 5) is 15.9. The van der Waals surface area contributed by atoms with E-state index in [0.29, 0.717) is 39.8 Å². The lowest BCUT2D eigenvalue weighted by molar-refractivity contribution is 0.0778. The minimum absolute atomic E-state index is 0.0342. The Kier molecular flexibility index (Phi) is 5.59. The van der Waals surface area contributed by atoms with Gasteiger partial charge in [0.2, 0.25) is 0 Å². The van der Waals surface area contributed by atoms with Crippen molar-refractivity contribution in [3.05, 3.63) is 46.0 Å². The molecule has 2 aromatic heterocycles. The van der Waals surface area contributed by atoms with Crippen LogP contribution in [0.1, 0.15) is 39.1 Å². The highest BCUT2D eigenvalue weighted by Crippen LogP contribution is 2.38. The van der Waals surface area contributed by atoms with Gasteiger partial charge in [0, 0.05) is 30.1 Å². The Morgan fingerprint density at radius 2 is 2.20 bits per heavy atom. The number of hydrogen-bond acceptors (Lipinski definition) is 8. The fraction of sp³-hybridized carbons (Fsp3) is 0.381. The molecule has 4 rings (SSSR count). The first-order valence-corrected chi connectivity index (χ1v) is 10.6. The van der Waals surface area contributed by atoms with Gasteiger partial charge in [-0.25, -0.2) is 0 Å². The van der Waals surface area contributed by atoms with E-state index in [9.17, 15) is 9.90 Å². The summed E-state index contributed by atoms with van der Waals surface area (Å²) in [6.07, 6.45) is -0.184. The number of likely N-dealkylation sites (tertiary alicyclic amines) is 1. The van der Waals surface area contributed by atoms with Crippen LogP contribution in [0, 0.1) is 13.8 Å². The van der Waals surface area contributed by atoms with E-state index < -0.39 is 6.23 Å². The first-order chi connectivity index (χ1) is 14.4. The Morgan fingerprint density at radius 3 is 2.97 bits per heavy atom. The molecule has 30 heavy (non-hydrogen) atoms. The molecule has 9 heteroatoms. The molecule has 8 nitrogen and oxygen atoms in total. The number of amides is 1. The molecule has 158 valence electrons. The first kappa shape index (κ1) is 20.5. The zero-order valence-electron chi connectivity index (χ0n) is 17.2. The minimum Gasteiger partial charge on any atom is -0.497 e. The highest BCUT2D eigenvalue weighted by molar-refractivity contribution is 7.19. The molecule has 2 atom stereocenters. The molecule has 4 N–H and O–H groups in total. The number of methoxy groups -OCH3 is 1. The van der Waals surface area contributed by atoms with Crippen molar-refractivity contribution in [3.63, 3.8) is 0 Å². The third kappa shape index (κ3) is 3.71. The van der Waals surface area contributed by atoms with Crippen LogP contribution in [0.3, 0.4) is 0 Å². The average molecular weight is 428 g/mol. The number of nitrogen functional groups attached to an aromatic ring is 1. The van der Waals surface area contributed by atoms with Gasteiger partial charge in [0.05, 0.1) is 23.4 Å². The second kappa shape index (κ2) is 8.17. The predicted octanol–water partition coefficient (Wildman–Crippen LogP) is 2.39. The molecule has 1 aliphatic heterocycles. The smallest absolute Gasteiger partial charge is 0.254 e. The van der Waals surface area contributed by atoms with E-state index in [4.69, 9.17) is 10.5 Å². The second-order valence-electron chi connectivity index (χ2n) is 7.51. The quantitative estimate of drug-likeness (QED) is 0.536. The number of hydrogen-bond donors (Lipinski definition) is 3. The summed E-state index contributed by atoms with van der Waals surface area (Å²) < 4.78 is 5.21. The number of benzene rings is 1. The molecular formula is C21H25N5O3S. The van der Waals surface area contributed by atoms with Crippen molar-refractivity contribution in [1.29, 1.82) is 0 Å². The van der Waals surface area contributed by atoms with Crippen LogP contribution in [0.25, 0.3) is 10.2 Å². The van der Waals surface area contributed by atoms with Gasteiger partial charge in [-0.15, -0.1) is 16.4 Å². The lowest BCUT2D eigenvalue weighted by Crippen LogP contribution is -2.37. The zero-order chi connectivity index (χ0) is 21.4. The van der Waals surface area contributed by atoms with Gasteiger partial charge in [-0.3, -0.25) is 10.1 Å². The topological polar surface area (TPSA) is 114 Å². The van der Waals surface area contributed by atoms with Crippen molar-refractivity contribution in [1.82, 2.24) is 20.4 Å². The van der Waals surface area contributed by atoms with Gasteiger partial charge < -0.3 is 20.5 Å². The molecule has 3 aromatic rings. The Bertz CT molecular complexity index is 1100. The summed E-state index contributed by atoms with van der Waals surface area (Å²) >= 11 is 1.34. The molecule has 0 aliphatic carbocycles. The fourth-order valence-electron chi connectivity index (χ4n) is 3.78. The van der Waals surface area contributed by atoms with Gasteiger partial charge in [0.15, 0.2) is 0 Å². The van der Waals surface area contributed by atoms with Gasteiger partial charge in [-0.05, 0) is 44.0 Å². The highest BCUT2D eigenvalue weighted by Gasteiger charge is 2.30. The molecule has 1 aromatic carbocycles. The molecule has 0 saturated carbocycles. The van der Waals surface area contributed by atoms with E-state index in [1.54, 1.807) is 30.2 Å². The van der Waals surface area contributed by atoms with Crippen molar-refractivity contribution in [2.75, 3.05) is 25.9 Å². The molecule has 1 saturated heterocycles. The number of nitrogens with one attached hydrogen (secondary N) is 1. The van der Waals surface area contributed by atoms with E-state index in [-0.39, 0.29) is 11.9 Å². The predicted molar refractivity (Wildman–Crippen MR) is 117 cm³/mol. The standard InChI is InChI=1S/C21H25N5O3S/c1-11-12(2)24-25-20-16(11)17(22)18(30-20)19(27)23-14-7-8-26(10-14)21(28)13-5-4-6-15(9-13)29-3/h4-6,9,14,19,23,27H,7-8,10,22H2,1-3H3. The van der Waals surface area contributed by atoms with Gasteiger partial charge in [0.25, 0.3) is 5.91 Å². The number of aliphatic hydroxyl groups excluding tert-OH is 1. The van der Waals surface area contributed by atoms with Crippen molar-refractivity contribution in [2.45, 2.75) is 32.5 Å². The Labute approximate surface area is 178 Å². The monoisotopic (exact) mass is 427 g/mol. The molecular weight excluding hydrogens is 402 g/mol. The summed E-state index contributed by atoms with van der Waals surface area (Å²) in [6, 6.07) is 7.10. The summed E-state index contributed by atoms with van der Waals surface area (Å²) in [5.41, 5.74) is 9.25. The van der Waals surface area contributed by atoms with Crippen LogP contribution in [0.2, 0.25) is 0 Å². The number of aryl methyl sites for hydroxylation is 2. The van der Waals surface area contributed by atoms with Crippen molar-refractivity contribution < 1.29 is 14.6 Å². The molecule has 0 radical (unpaired) electrons. The normalized spacial score (nSPS) is 17.5. The average Bonchev–Trinajstić information content (AvgIpc) is 3.35. The lowest BCUT2D eigenvalue weighted by Gasteiger charge is -2.20. The number of carbonyl (C=O) groups is 1. The van der Waals surface area contributed by atoms with Crippen LogP contribution in [0.15, 0.2) is 24.3 Å². The number of thiophene rings is 1. The van der Waals surface area contributed by atoms with Crippen molar-refractivity contribution in [3.8, 4) is 5.75 Å². The number of carbonyl (C=O) groups excluding carboxylic acids is 1. The second-order valence-corrected chi connectivity index (χ2v) is 8.54. The number of rotatable bonds is 5. The molecule has 1 amide bonds. The minimum atomic E-state index is -0.930. The number of nitrogens with two attached hydrogens (primary N) is 1. The van der Waals surface area contributed by atoms with Crippen LogP contribution in [0.4, 0.5) is 5.69 Å². The van der Waals surface area contributed by atoms with Crippen LogP contribution >= 0.6 is 11.3 Å². The fourth-order valence-corrected chi connectivity index (χ4v) is 4.83. The molecule has 1 aliphatic rings. The van der Waals surface area contributed by atoms with E-state index >= 15 is 0 Å². The van der Waals surface area contributed by atoms with Gasteiger partial charge in [-0.1, -0.05) is 6.07 Å². The maximum Gasteiger partial charge on any atom is 0.254 e. The Hall–Kier alpha value is -2.75. The van der Waals surface area contributed by atoms with Gasteiger partial charge >= 0.3 is 0 Å². The number of aliphatic hydroxyl groups is 1. The van der Waals surface area contributed by atoms with E-state index in [1.165, 1.54) is 11.3 Å². The highest BCUT2D eigenvalue weighted by atomic mass is 32.1. The summed E-state index contributed by atoms with van der Waals surface area (Å²) in [7, 11) is 1.58. The number of ether oxygens (including phenoxy) is 1. The van der Waals surface area contributed by atoms with E-state index in [0.717, 1.165) is 23.1 Å². The number of anilines is 1. The number of aromatic nitrogens is 2. The van der Waals surface area contributed by atoms with Crippen LogP contribution in [-0.4, -0.2) is 52.4 Å². The third-order valence-corrected chi connectivity index (χ3v) is 6.74. The number of fused-ring (bicyclic) bond motifs is 1. The third-order valence-electron chi connectivity index (χ3n) is 5.60. The van der Waals surface area contributed by atoms with Gasteiger partial charge in [0.1, 0.15) is 16.8 Å². The first-order valence-electron chi connectivity index (χ1n) is 9.78. The molecule has 1 fully saturated rings. The molecule has 0 spiro atoms. The lowest BCUT2D eigenvalue weighted by atomic mass is 10.1. The Balaban J connectivity index is 1.46. The summed E-state index contributed by atoms with van der Waals surface area (Å²) in [5.74, 6) is 0.606. The maximum atomic E-state index is 12.8. The Morgan fingerprint density at radius 1 is 1.40 bits per heavy atom. The molecule has 0 bridgehead atoms. The maximum absolute atomic E-state index is 12.8. The SMILES string of the molecule is COc1cccc(C(=O)N2CCC(NC(O)c3sc4nnc(C)c(C)c4c3N)C2)c1. The van der Waals surface area contributed by atoms with E-state index in [2.05, 4.69) is 15.5 Å². The summed E-state index contributed by atoms with van der Waals surface area (Å²) in [5, 5.41) is 23.2. The molecule has 2 unspecified atom stereocenters. The van der Waals surface area contributed by atoms with E-state index in [1.807, 2.05) is 19.9 Å². The summed E-state index contributed by atoms with van der Waals surface area (Å²) in [6.45, 7) is 4.97. The van der Waals surface area contributed by atoms with Crippen molar-refractivity contribution >= 4 is 33.1 Å². The number of nitrogens with zero attached hydrogens (tertiary/aromatic N) is 3. The largest absolute Gasteiger partial charge is 0.497 e. The van der Waals surface area contributed by atoms with Crippen LogP contribution < -0.4 is 15.8 Å². The van der Waals surface area contributed by atoms with Crippen LogP contribution in [0.5, 0.6) is 5.75 Å².